The molecule has 71 heavy (non-hydrogen) atoms. The largest absolute Gasteiger partial charge is 0.397 e. The Morgan fingerprint density at radius 1 is 0.620 bits per heavy atom. The monoisotopic (exact) mass is 929 g/mol. The number of fused-ring (bicyclic) bond motifs is 5. The lowest BCUT2D eigenvalue weighted by molar-refractivity contribution is 0.986. The molecular formula is C66H49BClN3. The van der Waals surface area contributed by atoms with E-state index in [2.05, 4.69) is 212 Å². The molecule has 338 valence electrons. The van der Waals surface area contributed by atoms with Crippen molar-refractivity contribution in [3.05, 3.63) is 253 Å². The lowest BCUT2D eigenvalue weighted by Crippen LogP contribution is -2.18. The van der Waals surface area contributed by atoms with Crippen LogP contribution in [0.25, 0.3) is 93.8 Å². The van der Waals surface area contributed by atoms with E-state index in [-0.39, 0.29) is 0 Å². The van der Waals surface area contributed by atoms with E-state index >= 15 is 0 Å². The molecule has 10 aromatic carbocycles. The highest BCUT2D eigenvalue weighted by atomic mass is 35.5. The van der Waals surface area contributed by atoms with Crippen LogP contribution in [0, 0.1) is 0 Å². The lowest BCUT2D eigenvalue weighted by atomic mass is 9.83. The number of aryl methyl sites for hydroxylation is 1. The van der Waals surface area contributed by atoms with E-state index in [0.29, 0.717) is 17.1 Å². The van der Waals surface area contributed by atoms with E-state index in [4.69, 9.17) is 17.3 Å². The van der Waals surface area contributed by atoms with Gasteiger partial charge in [0.2, 0.25) is 0 Å². The summed E-state index contributed by atoms with van der Waals surface area (Å²) in [5, 5.41) is 9.14. The van der Waals surface area contributed by atoms with E-state index in [9.17, 15) is 0 Å². The van der Waals surface area contributed by atoms with Crippen molar-refractivity contribution in [2.24, 2.45) is 0 Å². The highest BCUT2D eigenvalue weighted by Crippen LogP contribution is 2.47. The third-order valence-corrected chi connectivity index (χ3v) is 14.4. The van der Waals surface area contributed by atoms with Gasteiger partial charge in [-0.15, -0.1) is 0 Å². The second-order valence-corrected chi connectivity index (χ2v) is 19.2. The Morgan fingerprint density at radius 3 is 2.17 bits per heavy atom. The summed E-state index contributed by atoms with van der Waals surface area (Å²) < 4.78 is 0. The number of anilines is 3. The molecule has 0 spiro atoms. The van der Waals surface area contributed by atoms with E-state index in [1.165, 1.54) is 65.7 Å². The SMILES string of the molecule is Bc1cccc(N(C(=C)/C=C\Cc2cnc3ccccc3c2)c2ccc(-c3cc(-c4ccc5c(-c6ccc7ccccc7c6)c6ccccc6c(-c6ccc7c(c6)CCC=C7)c5c4)ccc3Cl)cc2N)c1. The van der Waals surface area contributed by atoms with E-state index < -0.39 is 0 Å². The highest BCUT2D eigenvalue weighted by molar-refractivity contribution is 6.33. The lowest BCUT2D eigenvalue weighted by Gasteiger charge is -2.27. The average Bonchev–Trinajstić information content (AvgIpc) is 3.40. The van der Waals surface area contributed by atoms with Crippen LogP contribution in [0.4, 0.5) is 17.1 Å². The maximum atomic E-state index is 7.15. The van der Waals surface area contributed by atoms with Crippen LogP contribution in [0.5, 0.6) is 0 Å². The van der Waals surface area contributed by atoms with Crippen LogP contribution in [0.1, 0.15) is 23.1 Å². The van der Waals surface area contributed by atoms with Crippen molar-refractivity contribution in [2.75, 3.05) is 10.6 Å². The second-order valence-electron chi connectivity index (χ2n) is 18.7. The predicted octanol–water partition coefficient (Wildman–Crippen LogP) is 16.3. The van der Waals surface area contributed by atoms with Crippen molar-refractivity contribution in [1.29, 1.82) is 0 Å². The Bertz CT molecular complexity index is 4000. The zero-order chi connectivity index (χ0) is 48.0. The van der Waals surface area contributed by atoms with Gasteiger partial charge in [-0.3, -0.25) is 4.98 Å². The summed E-state index contributed by atoms with van der Waals surface area (Å²) in [6.45, 7) is 4.56. The zero-order valence-corrected chi connectivity index (χ0v) is 40.3. The van der Waals surface area contributed by atoms with Crippen molar-refractivity contribution in [3.63, 3.8) is 0 Å². The Kier molecular flexibility index (Phi) is 11.4. The van der Waals surface area contributed by atoms with Gasteiger partial charge in [0.15, 0.2) is 0 Å². The fourth-order valence-corrected chi connectivity index (χ4v) is 10.9. The Labute approximate surface area is 420 Å². The third kappa shape index (κ3) is 8.37. The number of nitrogens with two attached hydrogens (primary N) is 1. The van der Waals surface area contributed by atoms with Crippen molar-refractivity contribution >= 4 is 91.3 Å². The number of allylic oxidation sites excluding steroid dienone is 3. The molecule has 0 amide bonds. The summed E-state index contributed by atoms with van der Waals surface area (Å²) in [6.07, 6.45) is 13.5. The van der Waals surface area contributed by atoms with Gasteiger partial charge in [0, 0.05) is 33.6 Å². The number of hydrogen-bond acceptors (Lipinski definition) is 3. The van der Waals surface area contributed by atoms with Gasteiger partial charge >= 0.3 is 0 Å². The zero-order valence-electron chi connectivity index (χ0n) is 39.5. The first kappa shape index (κ1) is 43.8. The van der Waals surface area contributed by atoms with E-state index in [1.807, 2.05) is 36.5 Å². The number of para-hydroxylation sites is 1. The van der Waals surface area contributed by atoms with Crippen LogP contribution in [-0.2, 0) is 12.8 Å². The minimum absolute atomic E-state index is 0.614. The molecule has 0 unspecified atom stereocenters. The molecule has 1 aliphatic rings. The molecule has 3 nitrogen and oxygen atoms in total. The summed E-state index contributed by atoms with van der Waals surface area (Å²) in [6, 6.07) is 69.8. The van der Waals surface area contributed by atoms with Crippen LogP contribution in [-0.4, -0.2) is 12.8 Å². The summed E-state index contributed by atoms with van der Waals surface area (Å²) in [5.41, 5.74) is 25.2. The second kappa shape index (κ2) is 18.5. The number of hydrogen-bond donors (Lipinski definition) is 1. The number of pyridine rings is 1. The molecule has 5 heteroatoms. The number of aromatic nitrogens is 1. The minimum Gasteiger partial charge on any atom is -0.397 e. The van der Waals surface area contributed by atoms with Gasteiger partial charge < -0.3 is 10.6 Å². The third-order valence-electron chi connectivity index (χ3n) is 14.1. The quantitative estimate of drug-likeness (QED) is 0.0643. The standard InChI is InChI=1S/C66H49BClN3/c1-42(12-10-13-43-34-51-18-6-9-23-63(51)70-41-43)71(55-20-11-19-54(67)40-55)64-33-30-50(39-62(64)69)59-37-49(29-32-61(59)68)48-28-31-58-60(38-48)66(53-27-25-45-15-3-5-17-47(45)36-53)57-22-8-7-21-56(57)65(58)52-26-24-44-14-2-4-16-46(44)35-52/h2-4,6-12,14-16,18-41H,1,5,13,17,67,69H2/b12-10-. The maximum absolute atomic E-state index is 7.15. The van der Waals surface area contributed by atoms with Gasteiger partial charge in [0.25, 0.3) is 0 Å². The fraction of sp³-hybridized carbons (Fsp3) is 0.0455. The van der Waals surface area contributed by atoms with Gasteiger partial charge in [-0.05, 0) is 174 Å². The normalized spacial score (nSPS) is 12.3. The Hall–Kier alpha value is -8.44. The summed E-state index contributed by atoms with van der Waals surface area (Å²) in [5.74, 6) is 0. The van der Waals surface area contributed by atoms with Crippen molar-refractivity contribution in [3.8, 4) is 44.5 Å². The first-order valence-electron chi connectivity index (χ1n) is 24.4. The van der Waals surface area contributed by atoms with Crippen molar-refractivity contribution in [2.45, 2.75) is 19.3 Å². The number of nitrogens with zero attached hydrogens (tertiary/aromatic N) is 2. The molecule has 12 rings (SSSR count). The van der Waals surface area contributed by atoms with E-state index in [0.717, 1.165) is 74.1 Å². The van der Waals surface area contributed by atoms with Gasteiger partial charge in [-0.2, -0.15) is 0 Å². The molecule has 1 heterocycles. The Morgan fingerprint density at radius 2 is 1.32 bits per heavy atom. The summed E-state index contributed by atoms with van der Waals surface area (Å²) in [7, 11) is 2.10. The van der Waals surface area contributed by atoms with Gasteiger partial charge in [0.05, 0.1) is 16.9 Å². The molecule has 1 aliphatic carbocycles. The number of rotatable bonds is 10. The summed E-state index contributed by atoms with van der Waals surface area (Å²) >= 11 is 7.15. The molecule has 11 aromatic rings. The van der Waals surface area contributed by atoms with Crippen LogP contribution < -0.4 is 16.1 Å². The molecule has 0 saturated heterocycles. The van der Waals surface area contributed by atoms with Gasteiger partial charge in [-0.25, -0.2) is 0 Å². The number of benzene rings is 10. The molecule has 0 saturated carbocycles. The number of halogens is 1. The molecule has 2 N–H and O–H groups in total. The predicted molar refractivity (Wildman–Crippen MR) is 308 cm³/mol. The topological polar surface area (TPSA) is 42.2 Å². The number of nitrogen functional groups attached to an aromatic ring is 1. The molecule has 0 aliphatic heterocycles. The first-order chi connectivity index (χ1) is 34.8. The average molecular weight is 930 g/mol. The molecule has 0 radical (unpaired) electrons. The van der Waals surface area contributed by atoms with Gasteiger partial charge in [-0.1, -0.05) is 175 Å². The van der Waals surface area contributed by atoms with Crippen molar-refractivity contribution in [1.82, 2.24) is 4.98 Å². The summed E-state index contributed by atoms with van der Waals surface area (Å²) in [4.78, 5) is 6.79. The highest BCUT2D eigenvalue weighted by Gasteiger charge is 2.21. The van der Waals surface area contributed by atoms with Crippen molar-refractivity contribution < 1.29 is 0 Å². The fourth-order valence-electron chi connectivity index (χ4n) is 10.6. The maximum Gasteiger partial charge on any atom is 0.139 e. The van der Waals surface area contributed by atoms with Crippen LogP contribution in [0.2, 0.25) is 5.02 Å². The molecule has 1 aromatic heterocycles. The molecular weight excluding hydrogens is 881 g/mol. The molecule has 0 fully saturated rings. The molecule has 0 bridgehead atoms. The van der Waals surface area contributed by atoms with Crippen LogP contribution in [0.3, 0.4) is 0 Å². The minimum atomic E-state index is 0.614. The molecule has 0 atom stereocenters. The van der Waals surface area contributed by atoms with Crippen LogP contribution in [0.15, 0.2) is 231 Å². The van der Waals surface area contributed by atoms with E-state index in [1.54, 1.807) is 0 Å². The van der Waals surface area contributed by atoms with Crippen LogP contribution >= 0.6 is 11.6 Å². The Balaban J connectivity index is 0.945. The first-order valence-corrected chi connectivity index (χ1v) is 24.7. The smallest absolute Gasteiger partial charge is 0.139 e. The van der Waals surface area contributed by atoms with Gasteiger partial charge in [0.1, 0.15) is 7.85 Å².